The maximum atomic E-state index is 11.6. The van der Waals surface area contributed by atoms with Gasteiger partial charge in [0, 0.05) is 12.0 Å². The summed E-state index contributed by atoms with van der Waals surface area (Å²) >= 11 is 0. The standard InChI is InChI=1S/C14H20N2O3/c1-14(2,3)19-13(17)16-15-11-8-9-18-12-7-5-4-6-10(11)12/h4-7,11,15H,8-9H2,1-3H3,(H,16,17). The highest BCUT2D eigenvalue weighted by Gasteiger charge is 2.22. The molecule has 1 aliphatic rings. The number of amides is 1. The van der Waals surface area contributed by atoms with Crippen molar-refractivity contribution in [3.8, 4) is 5.75 Å². The van der Waals surface area contributed by atoms with E-state index >= 15 is 0 Å². The predicted molar refractivity (Wildman–Crippen MR) is 71.8 cm³/mol. The molecule has 5 heteroatoms. The van der Waals surface area contributed by atoms with Gasteiger partial charge >= 0.3 is 6.09 Å². The van der Waals surface area contributed by atoms with Gasteiger partial charge in [-0.15, -0.1) is 0 Å². The van der Waals surface area contributed by atoms with E-state index in [1.54, 1.807) is 0 Å². The van der Waals surface area contributed by atoms with Crippen LogP contribution in [0.2, 0.25) is 0 Å². The smallest absolute Gasteiger partial charge is 0.422 e. The van der Waals surface area contributed by atoms with Gasteiger partial charge in [0.05, 0.1) is 12.6 Å². The molecule has 1 aromatic rings. The van der Waals surface area contributed by atoms with Crippen LogP contribution >= 0.6 is 0 Å². The summed E-state index contributed by atoms with van der Waals surface area (Å²) in [6.45, 7) is 6.12. The van der Waals surface area contributed by atoms with Gasteiger partial charge in [0.1, 0.15) is 11.4 Å². The second kappa shape index (κ2) is 5.48. The number of hydrogen-bond acceptors (Lipinski definition) is 4. The van der Waals surface area contributed by atoms with Crippen molar-refractivity contribution in [1.29, 1.82) is 0 Å². The Morgan fingerprint density at radius 2 is 2.11 bits per heavy atom. The van der Waals surface area contributed by atoms with E-state index in [1.807, 2.05) is 45.0 Å². The van der Waals surface area contributed by atoms with Crippen LogP contribution < -0.4 is 15.6 Å². The predicted octanol–water partition coefficient (Wildman–Crippen LogP) is 2.54. The van der Waals surface area contributed by atoms with Gasteiger partial charge in [0.15, 0.2) is 0 Å². The van der Waals surface area contributed by atoms with Crippen LogP contribution in [-0.2, 0) is 4.74 Å². The van der Waals surface area contributed by atoms with Crippen LogP contribution in [-0.4, -0.2) is 18.3 Å². The number of benzene rings is 1. The number of hydrazine groups is 1. The van der Waals surface area contributed by atoms with Gasteiger partial charge in [-0.3, -0.25) is 5.43 Å². The van der Waals surface area contributed by atoms with Gasteiger partial charge in [-0.1, -0.05) is 18.2 Å². The molecular formula is C14H20N2O3. The number of fused-ring (bicyclic) bond motifs is 1. The third kappa shape index (κ3) is 3.86. The van der Waals surface area contributed by atoms with Crippen molar-refractivity contribution in [1.82, 2.24) is 10.9 Å². The van der Waals surface area contributed by atoms with Crippen LogP contribution in [0.5, 0.6) is 5.75 Å². The molecule has 1 atom stereocenters. The van der Waals surface area contributed by atoms with E-state index in [0.29, 0.717) is 6.61 Å². The van der Waals surface area contributed by atoms with Crippen molar-refractivity contribution >= 4 is 6.09 Å². The SMILES string of the molecule is CC(C)(C)OC(=O)NNC1CCOc2ccccc21. The average Bonchev–Trinajstić information content (AvgIpc) is 2.34. The number of nitrogens with one attached hydrogen (secondary N) is 2. The van der Waals surface area contributed by atoms with Crippen molar-refractivity contribution in [3.63, 3.8) is 0 Å². The molecule has 0 fully saturated rings. The van der Waals surface area contributed by atoms with E-state index < -0.39 is 11.7 Å². The van der Waals surface area contributed by atoms with Crippen LogP contribution in [0, 0.1) is 0 Å². The molecule has 0 aromatic heterocycles. The second-order valence-corrected chi connectivity index (χ2v) is 5.50. The second-order valence-electron chi connectivity index (χ2n) is 5.50. The van der Waals surface area contributed by atoms with Crippen molar-refractivity contribution < 1.29 is 14.3 Å². The summed E-state index contributed by atoms with van der Waals surface area (Å²) in [6, 6.07) is 7.84. The fourth-order valence-electron chi connectivity index (χ4n) is 1.94. The van der Waals surface area contributed by atoms with Crippen molar-refractivity contribution in [2.45, 2.75) is 38.8 Å². The summed E-state index contributed by atoms with van der Waals surface area (Å²) in [7, 11) is 0. The summed E-state index contributed by atoms with van der Waals surface area (Å²) in [5, 5.41) is 0. The highest BCUT2D eigenvalue weighted by atomic mass is 16.6. The minimum atomic E-state index is -0.501. The van der Waals surface area contributed by atoms with Crippen LogP contribution in [0.3, 0.4) is 0 Å². The normalized spacial score (nSPS) is 18.2. The molecule has 2 N–H and O–H groups in total. The molecule has 1 aliphatic heterocycles. The van der Waals surface area contributed by atoms with Crippen LogP contribution in [0.1, 0.15) is 38.8 Å². The Hall–Kier alpha value is -1.75. The molecule has 0 saturated heterocycles. The van der Waals surface area contributed by atoms with Crippen molar-refractivity contribution in [2.24, 2.45) is 0 Å². The summed E-state index contributed by atoms with van der Waals surface area (Å²) in [4.78, 5) is 11.6. The van der Waals surface area contributed by atoms with Gasteiger partial charge in [-0.2, -0.15) is 0 Å². The molecule has 1 unspecified atom stereocenters. The molecule has 5 nitrogen and oxygen atoms in total. The third-order valence-corrected chi connectivity index (χ3v) is 2.71. The van der Waals surface area contributed by atoms with Crippen LogP contribution in [0.4, 0.5) is 4.79 Å². The fraction of sp³-hybridized carbons (Fsp3) is 0.500. The third-order valence-electron chi connectivity index (χ3n) is 2.71. The Kier molecular flexibility index (Phi) is 3.95. The Morgan fingerprint density at radius 3 is 2.84 bits per heavy atom. The Labute approximate surface area is 113 Å². The number of para-hydroxylation sites is 1. The Morgan fingerprint density at radius 1 is 1.37 bits per heavy atom. The van der Waals surface area contributed by atoms with Crippen LogP contribution in [0.25, 0.3) is 0 Å². The van der Waals surface area contributed by atoms with E-state index in [4.69, 9.17) is 9.47 Å². The van der Waals surface area contributed by atoms with E-state index in [-0.39, 0.29) is 6.04 Å². The molecule has 1 aromatic carbocycles. The molecular weight excluding hydrogens is 244 g/mol. The average molecular weight is 264 g/mol. The molecule has 0 radical (unpaired) electrons. The summed E-state index contributed by atoms with van der Waals surface area (Å²) in [6.07, 6.45) is 0.323. The largest absolute Gasteiger partial charge is 0.493 e. The monoisotopic (exact) mass is 264 g/mol. The molecule has 0 saturated carbocycles. The van der Waals surface area contributed by atoms with Crippen LogP contribution in [0.15, 0.2) is 24.3 Å². The summed E-state index contributed by atoms with van der Waals surface area (Å²) in [5.41, 5.74) is 6.12. The van der Waals surface area contributed by atoms with E-state index in [1.165, 1.54) is 0 Å². The number of carbonyl (C=O) groups is 1. The highest BCUT2D eigenvalue weighted by Crippen LogP contribution is 2.30. The minimum absolute atomic E-state index is 0.0393. The summed E-state index contributed by atoms with van der Waals surface area (Å²) in [5.74, 6) is 0.859. The van der Waals surface area contributed by atoms with Gasteiger partial charge < -0.3 is 9.47 Å². The number of hydrogen-bond donors (Lipinski definition) is 2. The lowest BCUT2D eigenvalue weighted by Crippen LogP contribution is -2.44. The first-order chi connectivity index (χ1) is 8.96. The maximum Gasteiger partial charge on any atom is 0.422 e. The van der Waals surface area contributed by atoms with E-state index in [2.05, 4.69) is 10.9 Å². The summed E-state index contributed by atoms with van der Waals surface area (Å²) < 4.78 is 10.7. The topological polar surface area (TPSA) is 59.6 Å². The Bertz CT molecular complexity index is 454. The zero-order valence-electron chi connectivity index (χ0n) is 11.5. The molecule has 0 bridgehead atoms. The molecule has 19 heavy (non-hydrogen) atoms. The first-order valence-corrected chi connectivity index (χ1v) is 6.42. The zero-order valence-corrected chi connectivity index (χ0v) is 11.5. The first-order valence-electron chi connectivity index (χ1n) is 6.42. The lowest BCUT2D eigenvalue weighted by atomic mass is 10.0. The van der Waals surface area contributed by atoms with E-state index in [0.717, 1.165) is 17.7 Å². The molecule has 2 rings (SSSR count). The quantitative estimate of drug-likeness (QED) is 0.806. The molecule has 1 amide bonds. The lowest BCUT2D eigenvalue weighted by Gasteiger charge is -2.27. The molecule has 0 spiro atoms. The fourth-order valence-corrected chi connectivity index (χ4v) is 1.94. The highest BCUT2D eigenvalue weighted by molar-refractivity contribution is 5.67. The number of rotatable bonds is 2. The van der Waals surface area contributed by atoms with Gasteiger partial charge in [0.25, 0.3) is 0 Å². The zero-order chi connectivity index (χ0) is 13.9. The van der Waals surface area contributed by atoms with Crippen molar-refractivity contribution in [2.75, 3.05) is 6.61 Å². The van der Waals surface area contributed by atoms with Gasteiger partial charge in [-0.25, -0.2) is 10.2 Å². The lowest BCUT2D eigenvalue weighted by molar-refractivity contribution is 0.0481. The maximum absolute atomic E-state index is 11.6. The van der Waals surface area contributed by atoms with E-state index in [9.17, 15) is 4.79 Å². The molecule has 104 valence electrons. The van der Waals surface area contributed by atoms with Gasteiger partial charge in [0.2, 0.25) is 0 Å². The van der Waals surface area contributed by atoms with Gasteiger partial charge in [-0.05, 0) is 26.8 Å². The molecule has 0 aliphatic carbocycles. The number of ether oxygens (including phenoxy) is 2. The van der Waals surface area contributed by atoms with Crippen molar-refractivity contribution in [3.05, 3.63) is 29.8 Å². The number of carbonyl (C=O) groups excluding carboxylic acids is 1. The Balaban J connectivity index is 1.93. The minimum Gasteiger partial charge on any atom is -0.493 e. The first kappa shape index (κ1) is 13.7. The molecule has 1 heterocycles.